The molecule has 0 aromatic carbocycles. The van der Waals surface area contributed by atoms with Crippen molar-refractivity contribution in [3.05, 3.63) is 28.5 Å². The van der Waals surface area contributed by atoms with E-state index in [1.165, 1.54) is 5.56 Å². The van der Waals surface area contributed by atoms with E-state index in [2.05, 4.69) is 41.6 Å². The third-order valence-electron chi connectivity index (χ3n) is 1.15. The molecule has 0 bridgehead atoms. The normalized spacial score (nSPS) is 10.9. The van der Waals surface area contributed by atoms with Crippen molar-refractivity contribution in [2.24, 2.45) is 0 Å². The van der Waals surface area contributed by atoms with E-state index in [1.807, 2.05) is 0 Å². The molecule has 0 saturated carbocycles. The highest BCUT2D eigenvalue weighted by Crippen LogP contribution is 2.07. The molecule has 54 valence electrons. The van der Waals surface area contributed by atoms with Crippen LogP contribution in [0, 0.1) is 0 Å². The number of thiophene rings is 1. The summed E-state index contributed by atoms with van der Waals surface area (Å²) in [5.74, 6) is 0.931. The van der Waals surface area contributed by atoms with Crippen LogP contribution < -0.4 is 0 Å². The van der Waals surface area contributed by atoms with Gasteiger partial charge in [0.05, 0.1) is 0 Å². The van der Waals surface area contributed by atoms with E-state index in [0.717, 1.165) is 12.2 Å². The molecule has 0 aliphatic rings. The molecule has 10 heavy (non-hydrogen) atoms. The van der Waals surface area contributed by atoms with E-state index < -0.39 is 0 Å². The number of hydrogen-bond acceptors (Lipinski definition) is 2. The summed E-state index contributed by atoms with van der Waals surface area (Å²) >= 11 is 5.83. The summed E-state index contributed by atoms with van der Waals surface area (Å²) in [6.45, 7) is 0. The average molecular weight is 170 g/mol. The quantitative estimate of drug-likeness (QED) is 0.662. The molecule has 0 fully saturated rings. The Morgan fingerprint density at radius 1 is 1.60 bits per heavy atom. The summed E-state index contributed by atoms with van der Waals surface area (Å²) in [6, 6.07) is 2.11. The van der Waals surface area contributed by atoms with Crippen molar-refractivity contribution < 1.29 is 0 Å². The van der Waals surface area contributed by atoms with Gasteiger partial charge in [-0.15, -0.1) is 0 Å². The summed E-state index contributed by atoms with van der Waals surface area (Å²) < 4.78 is 0. The smallest absolute Gasteiger partial charge is 0.00209 e. The van der Waals surface area contributed by atoms with Crippen LogP contribution in [0.1, 0.15) is 12.0 Å². The van der Waals surface area contributed by atoms with Gasteiger partial charge in [-0.25, -0.2) is 0 Å². The second-order valence-corrected chi connectivity index (χ2v) is 3.20. The fourth-order valence-electron chi connectivity index (χ4n) is 0.664. The molecule has 0 aliphatic heterocycles. The van der Waals surface area contributed by atoms with Crippen molar-refractivity contribution in [3.8, 4) is 0 Å². The summed E-state index contributed by atoms with van der Waals surface area (Å²) in [5, 5.41) is 4.22. The Morgan fingerprint density at radius 2 is 2.50 bits per heavy atom. The Morgan fingerprint density at radius 3 is 3.10 bits per heavy atom. The molecule has 0 N–H and O–H groups in total. The molecular formula is C8H10S2. The van der Waals surface area contributed by atoms with Crippen LogP contribution in [0.15, 0.2) is 22.9 Å². The predicted molar refractivity (Wildman–Crippen MR) is 51.8 cm³/mol. The molecule has 0 spiro atoms. The van der Waals surface area contributed by atoms with Gasteiger partial charge >= 0.3 is 0 Å². The second-order valence-electron chi connectivity index (χ2n) is 1.97. The van der Waals surface area contributed by atoms with Crippen LogP contribution in [0.3, 0.4) is 0 Å². The van der Waals surface area contributed by atoms with Gasteiger partial charge in [0.2, 0.25) is 0 Å². The van der Waals surface area contributed by atoms with Crippen molar-refractivity contribution in [2.75, 3.05) is 5.75 Å². The first-order chi connectivity index (χ1) is 4.93. The van der Waals surface area contributed by atoms with E-state index in [0.29, 0.717) is 0 Å². The van der Waals surface area contributed by atoms with Gasteiger partial charge in [-0.3, -0.25) is 0 Å². The first-order valence-electron chi connectivity index (χ1n) is 3.23. The zero-order valence-electron chi connectivity index (χ0n) is 5.66. The first kappa shape index (κ1) is 7.89. The Labute approximate surface area is 71.0 Å². The molecular weight excluding hydrogens is 160 g/mol. The fourth-order valence-corrected chi connectivity index (χ4v) is 1.44. The predicted octanol–water partition coefficient (Wildman–Crippen LogP) is 3.08. The Kier molecular flexibility index (Phi) is 3.62. The first-order valence-corrected chi connectivity index (χ1v) is 4.80. The van der Waals surface area contributed by atoms with E-state index in [-0.39, 0.29) is 0 Å². The third-order valence-corrected chi connectivity index (χ3v) is 2.11. The standard InChI is InChI=1S/C8H10S2/c9-5-2-1-3-8-4-6-10-7-8/h1,3-4,6-7,9H,2,5H2. The minimum absolute atomic E-state index is 0.931. The number of thiol groups is 1. The molecule has 0 nitrogen and oxygen atoms in total. The topological polar surface area (TPSA) is 0 Å². The largest absolute Gasteiger partial charge is 0.179 e. The third kappa shape index (κ3) is 2.58. The van der Waals surface area contributed by atoms with Gasteiger partial charge in [0, 0.05) is 0 Å². The van der Waals surface area contributed by atoms with Crippen LogP contribution >= 0.6 is 24.0 Å². The molecule has 1 heterocycles. The molecule has 0 amide bonds. The van der Waals surface area contributed by atoms with Gasteiger partial charge in [-0.05, 0) is 34.6 Å². The average Bonchev–Trinajstić information content (AvgIpc) is 2.41. The number of rotatable bonds is 3. The molecule has 1 aromatic rings. The Balaban J connectivity index is 2.40. The van der Waals surface area contributed by atoms with E-state index >= 15 is 0 Å². The van der Waals surface area contributed by atoms with Gasteiger partial charge in [0.15, 0.2) is 0 Å². The lowest BCUT2D eigenvalue weighted by atomic mass is 10.3. The van der Waals surface area contributed by atoms with Gasteiger partial charge in [-0.1, -0.05) is 12.2 Å². The number of hydrogen-bond donors (Lipinski definition) is 1. The van der Waals surface area contributed by atoms with Crippen molar-refractivity contribution in [1.82, 2.24) is 0 Å². The Bertz CT molecular complexity index is 187. The fraction of sp³-hybridized carbons (Fsp3) is 0.250. The molecule has 0 unspecified atom stereocenters. The Hall–Kier alpha value is -0.210. The van der Waals surface area contributed by atoms with Crippen LogP contribution in [0.25, 0.3) is 6.08 Å². The van der Waals surface area contributed by atoms with Crippen LogP contribution in [-0.4, -0.2) is 5.75 Å². The van der Waals surface area contributed by atoms with Gasteiger partial charge in [0.25, 0.3) is 0 Å². The van der Waals surface area contributed by atoms with Crippen molar-refractivity contribution >= 4 is 30.0 Å². The summed E-state index contributed by atoms with van der Waals surface area (Å²) in [5.41, 5.74) is 1.30. The molecule has 0 saturated heterocycles. The lowest BCUT2D eigenvalue weighted by molar-refractivity contribution is 1.26. The molecule has 0 aliphatic carbocycles. The number of allylic oxidation sites excluding steroid dienone is 1. The highest BCUT2D eigenvalue weighted by molar-refractivity contribution is 7.80. The SMILES string of the molecule is SCCC=Cc1ccsc1. The van der Waals surface area contributed by atoms with E-state index in [9.17, 15) is 0 Å². The van der Waals surface area contributed by atoms with E-state index in [4.69, 9.17) is 0 Å². The molecule has 1 aromatic heterocycles. The van der Waals surface area contributed by atoms with Gasteiger partial charge in [-0.2, -0.15) is 24.0 Å². The van der Waals surface area contributed by atoms with Crippen LogP contribution in [0.5, 0.6) is 0 Å². The summed E-state index contributed by atoms with van der Waals surface area (Å²) in [7, 11) is 0. The maximum absolute atomic E-state index is 4.10. The van der Waals surface area contributed by atoms with Gasteiger partial charge < -0.3 is 0 Å². The summed E-state index contributed by atoms with van der Waals surface area (Å²) in [4.78, 5) is 0. The van der Waals surface area contributed by atoms with Crippen molar-refractivity contribution in [1.29, 1.82) is 0 Å². The second kappa shape index (κ2) is 4.58. The minimum atomic E-state index is 0.931. The monoisotopic (exact) mass is 170 g/mol. The van der Waals surface area contributed by atoms with Crippen molar-refractivity contribution in [3.63, 3.8) is 0 Å². The summed E-state index contributed by atoms with van der Waals surface area (Å²) in [6.07, 6.45) is 5.33. The zero-order valence-corrected chi connectivity index (χ0v) is 7.37. The molecule has 0 atom stereocenters. The lowest BCUT2D eigenvalue weighted by Crippen LogP contribution is -1.65. The molecule has 2 heteroatoms. The highest BCUT2D eigenvalue weighted by atomic mass is 32.1. The lowest BCUT2D eigenvalue weighted by Gasteiger charge is -1.82. The zero-order chi connectivity index (χ0) is 7.23. The minimum Gasteiger partial charge on any atom is -0.179 e. The molecule has 0 radical (unpaired) electrons. The van der Waals surface area contributed by atoms with Crippen molar-refractivity contribution in [2.45, 2.75) is 6.42 Å². The maximum atomic E-state index is 4.10. The van der Waals surface area contributed by atoms with E-state index in [1.54, 1.807) is 11.3 Å². The van der Waals surface area contributed by atoms with Crippen LogP contribution in [0.4, 0.5) is 0 Å². The van der Waals surface area contributed by atoms with Crippen LogP contribution in [0.2, 0.25) is 0 Å². The highest BCUT2D eigenvalue weighted by Gasteiger charge is 1.82. The molecule has 1 rings (SSSR count). The van der Waals surface area contributed by atoms with Crippen LogP contribution in [-0.2, 0) is 0 Å². The maximum Gasteiger partial charge on any atom is -0.00209 e. The van der Waals surface area contributed by atoms with Gasteiger partial charge in [0.1, 0.15) is 0 Å².